The molecule has 9 heteroatoms. The van der Waals surface area contributed by atoms with Crippen LogP contribution in [0, 0.1) is 0 Å². The lowest BCUT2D eigenvalue weighted by Crippen LogP contribution is -2.71. The van der Waals surface area contributed by atoms with Crippen molar-refractivity contribution < 1.29 is 14.7 Å². The van der Waals surface area contributed by atoms with Gasteiger partial charge in [0.15, 0.2) is 0 Å². The van der Waals surface area contributed by atoms with Gasteiger partial charge in [0.05, 0.1) is 10.9 Å². The number of thioether (sulfide) groups is 3. The predicted octanol–water partition coefficient (Wildman–Crippen LogP) is 0.369. The van der Waals surface area contributed by atoms with Gasteiger partial charge in [0, 0.05) is 28.6 Å². The second-order valence-electron chi connectivity index (χ2n) is 6.83. The van der Waals surface area contributed by atoms with E-state index in [9.17, 15) is 14.7 Å². The predicted molar refractivity (Wildman–Crippen MR) is 94.7 cm³/mol. The molecule has 3 heterocycles. The quantitative estimate of drug-likeness (QED) is 0.649. The van der Waals surface area contributed by atoms with Gasteiger partial charge in [-0.1, -0.05) is 0 Å². The summed E-state index contributed by atoms with van der Waals surface area (Å²) in [6.45, 7) is 2.00. The Morgan fingerprint density at radius 2 is 2.30 bits per heavy atom. The standard InChI is InChI=1S/C14H21N3O3S3/c1-7(15)4-21-8-2-13-14(3-8)17(10(6-23-14)12(19)20)11(18)9(16-13)5-22-13/h7-10,16H,2-6,15H2,1H3,(H,19,20). The molecule has 1 saturated carbocycles. The van der Waals surface area contributed by atoms with E-state index in [-0.39, 0.29) is 22.9 Å². The maximum absolute atomic E-state index is 12.8. The van der Waals surface area contributed by atoms with Crippen LogP contribution in [0.4, 0.5) is 0 Å². The zero-order valence-electron chi connectivity index (χ0n) is 12.9. The highest BCUT2D eigenvalue weighted by Gasteiger charge is 2.73. The summed E-state index contributed by atoms with van der Waals surface area (Å²) in [6, 6.07) is -0.770. The largest absolute Gasteiger partial charge is 0.480 e. The molecule has 4 fully saturated rings. The van der Waals surface area contributed by atoms with Gasteiger partial charge in [-0.05, 0) is 19.8 Å². The third-order valence-electron chi connectivity index (χ3n) is 5.15. The van der Waals surface area contributed by atoms with Crippen LogP contribution < -0.4 is 11.1 Å². The number of aliphatic carboxylic acids is 1. The van der Waals surface area contributed by atoms with Gasteiger partial charge in [-0.15, -0.1) is 23.5 Å². The van der Waals surface area contributed by atoms with Crippen LogP contribution in [0.2, 0.25) is 0 Å². The highest BCUT2D eigenvalue weighted by atomic mass is 32.2. The zero-order chi connectivity index (χ0) is 16.4. The Morgan fingerprint density at radius 3 is 3.00 bits per heavy atom. The smallest absolute Gasteiger partial charge is 0.327 e. The molecule has 6 nitrogen and oxygen atoms in total. The molecule has 3 saturated heterocycles. The lowest BCUT2D eigenvalue weighted by Gasteiger charge is -2.50. The number of nitrogens with zero attached hydrogens (tertiary/aromatic N) is 1. The van der Waals surface area contributed by atoms with Crippen molar-refractivity contribution in [1.29, 1.82) is 0 Å². The lowest BCUT2D eigenvalue weighted by molar-refractivity contribution is -0.155. The van der Waals surface area contributed by atoms with Gasteiger partial charge in [-0.25, -0.2) is 4.79 Å². The number of carbonyl (C=O) groups excluding carboxylic acids is 1. The van der Waals surface area contributed by atoms with Crippen LogP contribution in [0.3, 0.4) is 0 Å². The second kappa shape index (κ2) is 5.45. The SMILES string of the molecule is CC(N)CSC1CC23NC(CS2)C(=O)N2C(C(=O)O)CSC23C1. The van der Waals surface area contributed by atoms with E-state index in [4.69, 9.17) is 5.73 Å². The van der Waals surface area contributed by atoms with Crippen LogP contribution in [0.15, 0.2) is 0 Å². The zero-order valence-corrected chi connectivity index (χ0v) is 15.3. The number of carboxylic acid groups (broad SMARTS) is 1. The number of piperazine rings is 1. The van der Waals surface area contributed by atoms with E-state index in [2.05, 4.69) is 5.32 Å². The third-order valence-corrected chi connectivity index (χ3v) is 10.1. The van der Waals surface area contributed by atoms with Crippen molar-refractivity contribution >= 4 is 47.2 Å². The number of hydrogen-bond donors (Lipinski definition) is 3. The van der Waals surface area contributed by atoms with E-state index >= 15 is 0 Å². The first-order chi connectivity index (χ1) is 10.9. The number of rotatable bonds is 4. The number of carbonyl (C=O) groups is 2. The molecule has 0 aromatic carbocycles. The highest BCUT2D eigenvalue weighted by Crippen LogP contribution is 2.65. The number of nitrogens with two attached hydrogens (primary N) is 1. The minimum atomic E-state index is -0.879. The summed E-state index contributed by atoms with van der Waals surface area (Å²) >= 11 is 5.36. The van der Waals surface area contributed by atoms with Crippen molar-refractivity contribution in [3.05, 3.63) is 0 Å². The minimum Gasteiger partial charge on any atom is -0.480 e. The summed E-state index contributed by atoms with van der Waals surface area (Å²) in [4.78, 5) is 25.6. The Kier molecular flexibility index (Phi) is 3.88. The molecule has 0 aromatic rings. The summed E-state index contributed by atoms with van der Waals surface area (Å²) in [6.07, 6.45) is 1.81. The normalized spacial score (nSPS) is 45.9. The highest BCUT2D eigenvalue weighted by molar-refractivity contribution is 8.05. The number of carboxylic acids is 1. The first-order valence-corrected chi connectivity index (χ1v) is 10.9. The fourth-order valence-electron chi connectivity index (χ4n) is 4.26. The fourth-order valence-corrected chi connectivity index (χ4v) is 9.53. The van der Waals surface area contributed by atoms with Crippen molar-refractivity contribution in [3.63, 3.8) is 0 Å². The van der Waals surface area contributed by atoms with E-state index < -0.39 is 16.9 Å². The van der Waals surface area contributed by atoms with E-state index in [1.807, 2.05) is 30.4 Å². The molecular formula is C14H21N3O3S3. The van der Waals surface area contributed by atoms with Crippen molar-refractivity contribution in [3.8, 4) is 0 Å². The molecule has 6 unspecified atom stereocenters. The van der Waals surface area contributed by atoms with Gasteiger partial charge in [0.25, 0.3) is 0 Å². The molecule has 4 aliphatic rings. The van der Waals surface area contributed by atoms with Crippen LogP contribution >= 0.6 is 35.3 Å². The van der Waals surface area contributed by atoms with E-state index in [0.29, 0.717) is 11.0 Å². The molecule has 128 valence electrons. The van der Waals surface area contributed by atoms with Crippen molar-refractivity contribution in [2.24, 2.45) is 5.73 Å². The van der Waals surface area contributed by atoms with Crippen LogP contribution in [0.1, 0.15) is 19.8 Å². The molecule has 23 heavy (non-hydrogen) atoms. The summed E-state index contributed by atoms with van der Waals surface area (Å²) in [7, 11) is 0. The first kappa shape index (κ1) is 16.4. The maximum Gasteiger partial charge on any atom is 0.327 e. The fraction of sp³-hybridized carbons (Fsp3) is 0.857. The molecule has 2 bridgehead atoms. The average Bonchev–Trinajstić information content (AvgIpc) is 3.14. The Balaban J connectivity index is 1.68. The molecule has 0 radical (unpaired) electrons. The molecule has 4 N–H and O–H groups in total. The van der Waals surface area contributed by atoms with Gasteiger partial charge >= 0.3 is 5.97 Å². The van der Waals surface area contributed by atoms with E-state index in [0.717, 1.165) is 24.3 Å². The van der Waals surface area contributed by atoms with Crippen LogP contribution in [0.25, 0.3) is 0 Å². The van der Waals surface area contributed by atoms with Crippen LogP contribution in [0.5, 0.6) is 0 Å². The van der Waals surface area contributed by atoms with Gasteiger partial charge in [0.2, 0.25) is 5.91 Å². The van der Waals surface area contributed by atoms with Gasteiger partial charge in [-0.3, -0.25) is 10.1 Å². The average molecular weight is 376 g/mol. The van der Waals surface area contributed by atoms with Gasteiger partial charge < -0.3 is 15.7 Å². The van der Waals surface area contributed by atoms with Crippen LogP contribution in [-0.2, 0) is 9.59 Å². The number of fused-ring (bicyclic) bond motifs is 1. The molecule has 0 aromatic heterocycles. The topological polar surface area (TPSA) is 95.7 Å². The van der Waals surface area contributed by atoms with Crippen molar-refractivity contribution in [2.75, 3.05) is 17.3 Å². The minimum absolute atomic E-state index is 0.0270. The molecule has 2 spiro atoms. The molecule has 6 atom stereocenters. The van der Waals surface area contributed by atoms with Gasteiger partial charge in [-0.2, -0.15) is 11.8 Å². The Labute approximate surface area is 148 Å². The maximum atomic E-state index is 12.8. The molecule has 3 aliphatic heterocycles. The molecule has 1 aliphatic carbocycles. The van der Waals surface area contributed by atoms with E-state index in [1.165, 1.54) is 0 Å². The third kappa shape index (κ3) is 2.19. The van der Waals surface area contributed by atoms with Crippen molar-refractivity contribution in [1.82, 2.24) is 10.2 Å². The molecular weight excluding hydrogens is 354 g/mol. The Morgan fingerprint density at radius 1 is 1.52 bits per heavy atom. The molecule has 4 rings (SSSR count). The summed E-state index contributed by atoms with van der Waals surface area (Å²) in [5, 5.41) is 13.5. The second-order valence-corrected chi connectivity index (χ2v) is 10.8. The Hall–Kier alpha value is -0.0900. The van der Waals surface area contributed by atoms with E-state index in [1.54, 1.807) is 16.7 Å². The van der Waals surface area contributed by atoms with Crippen molar-refractivity contribution in [2.45, 2.75) is 52.9 Å². The number of hydrogen-bond acceptors (Lipinski definition) is 7. The number of amides is 1. The lowest BCUT2D eigenvalue weighted by atomic mass is 10.00. The molecule has 1 amide bonds. The monoisotopic (exact) mass is 375 g/mol. The Bertz CT molecular complexity index is 563. The van der Waals surface area contributed by atoms with Gasteiger partial charge in [0.1, 0.15) is 10.9 Å². The van der Waals surface area contributed by atoms with Crippen LogP contribution in [-0.4, -0.2) is 72.3 Å². The summed E-state index contributed by atoms with van der Waals surface area (Å²) in [5.74, 6) is 1.22. The number of nitrogens with one attached hydrogen (secondary N) is 1. The summed E-state index contributed by atoms with van der Waals surface area (Å²) in [5.41, 5.74) is 5.89. The first-order valence-electron chi connectivity index (χ1n) is 7.87. The summed E-state index contributed by atoms with van der Waals surface area (Å²) < 4.78 is 0.